The molecule has 0 saturated carbocycles. The molecular weight excluding hydrogens is 431 g/mol. The van der Waals surface area contributed by atoms with Crippen molar-refractivity contribution in [1.29, 1.82) is 5.41 Å². The highest BCUT2D eigenvalue weighted by Crippen LogP contribution is 2.37. The highest BCUT2D eigenvalue weighted by atomic mass is 32.2. The van der Waals surface area contributed by atoms with Gasteiger partial charge in [-0.15, -0.1) is 0 Å². The number of alkyl halides is 3. The van der Waals surface area contributed by atoms with Crippen LogP contribution >= 0.6 is 0 Å². The molecule has 2 aromatic carbocycles. The van der Waals surface area contributed by atoms with Crippen LogP contribution in [0.15, 0.2) is 47.4 Å². The highest BCUT2D eigenvalue weighted by molar-refractivity contribution is 7.89. The minimum atomic E-state index is -4.63. The summed E-state index contributed by atoms with van der Waals surface area (Å²) >= 11 is 0. The van der Waals surface area contributed by atoms with E-state index in [-0.39, 0.29) is 34.3 Å². The largest absolute Gasteiger partial charge is 0.493 e. The number of halogens is 3. The van der Waals surface area contributed by atoms with Crippen LogP contribution in [-0.4, -0.2) is 38.8 Å². The van der Waals surface area contributed by atoms with E-state index in [4.69, 9.17) is 15.3 Å². The monoisotopic (exact) mass is 455 g/mol. The molecule has 3 rings (SSSR count). The molecule has 0 spiro atoms. The van der Waals surface area contributed by atoms with Crippen LogP contribution in [0.4, 0.5) is 13.2 Å². The average Bonchev–Trinajstić information content (AvgIpc) is 2.71. The van der Waals surface area contributed by atoms with Gasteiger partial charge in [-0.1, -0.05) is 18.2 Å². The Morgan fingerprint density at radius 2 is 1.84 bits per heavy atom. The molecule has 6 nitrogen and oxygen atoms in total. The number of amidine groups is 1. The summed E-state index contributed by atoms with van der Waals surface area (Å²) in [5, 5.41) is 12.9. The number of piperidine rings is 1. The van der Waals surface area contributed by atoms with Crippen molar-refractivity contribution >= 4 is 15.9 Å². The molecule has 1 saturated heterocycles. The second-order valence-electron chi connectivity index (χ2n) is 7.61. The maximum Gasteiger partial charge on any atom is 0.416 e. The first-order valence-electron chi connectivity index (χ1n) is 9.72. The van der Waals surface area contributed by atoms with Gasteiger partial charge in [-0.05, 0) is 55.5 Å². The van der Waals surface area contributed by atoms with E-state index in [0.717, 1.165) is 25.0 Å². The quantitative estimate of drug-likeness (QED) is 0.524. The standard InChI is InChI=1S/C21H24F3N3O3S/c1-14(25)27-8-6-15(7-9-27)13-30-18-11-16(10-17(12-18)21(22,23)24)19-4-2-3-5-20(19)31(26,28)29/h2-5,10-12,15,25H,6-9,13H2,1H3,(H2,26,28,29). The van der Waals surface area contributed by atoms with Gasteiger partial charge in [0, 0.05) is 18.7 Å². The molecule has 1 fully saturated rings. The van der Waals surface area contributed by atoms with Crippen molar-refractivity contribution in [3.63, 3.8) is 0 Å². The second-order valence-corrected chi connectivity index (χ2v) is 9.14. The third kappa shape index (κ3) is 5.76. The third-order valence-electron chi connectivity index (χ3n) is 5.31. The van der Waals surface area contributed by atoms with Crippen LogP contribution in [-0.2, 0) is 16.2 Å². The predicted molar refractivity (Wildman–Crippen MR) is 111 cm³/mol. The maximum atomic E-state index is 13.5. The Hall–Kier alpha value is -2.59. The zero-order chi connectivity index (χ0) is 22.8. The fourth-order valence-corrected chi connectivity index (χ4v) is 4.36. The lowest BCUT2D eigenvalue weighted by Crippen LogP contribution is -2.38. The topological polar surface area (TPSA) is 96.5 Å². The highest BCUT2D eigenvalue weighted by Gasteiger charge is 2.32. The number of nitrogens with zero attached hydrogens (tertiary/aromatic N) is 1. The number of benzene rings is 2. The van der Waals surface area contributed by atoms with Crippen molar-refractivity contribution in [2.24, 2.45) is 11.1 Å². The van der Waals surface area contributed by atoms with Gasteiger partial charge in [0.25, 0.3) is 0 Å². The van der Waals surface area contributed by atoms with Crippen molar-refractivity contribution < 1.29 is 26.3 Å². The Kier molecular flexibility index (Phi) is 6.61. The number of rotatable bonds is 5. The van der Waals surface area contributed by atoms with Crippen LogP contribution in [0.5, 0.6) is 5.75 Å². The summed E-state index contributed by atoms with van der Waals surface area (Å²) < 4.78 is 70.0. The molecule has 2 aromatic rings. The zero-order valence-electron chi connectivity index (χ0n) is 16.9. The number of hydrogen-bond donors (Lipinski definition) is 2. The smallest absolute Gasteiger partial charge is 0.416 e. The lowest BCUT2D eigenvalue weighted by molar-refractivity contribution is -0.137. The maximum absolute atomic E-state index is 13.5. The molecule has 1 aliphatic rings. The molecule has 0 bridgehead atoms. The number of likely N-dealkylation sites (tertiary alicyclic amines) is 1. The van der Waals surface area contributed by atoms with Crippen LogP contribution in [0.1, 0.15) is 25.3 Å². The molecule has 0 amide bonds. The van der Waals surface area contributed by atoms with Gasteiger partial charge >= 0.3 is 6.18 Å². The number of primary sulfonamides is 1. The van der Waals surface area contributed by atoms with E-state index in [1.54, 1.807) is 6.92 Å². The number of sulfonamides is 1. The molecule has 10 heteroatoms. The van der Waals surface area contributed by atoms with Gasteiger partial charge in [0.1, 0.15) is 5.75 Å². The Bertz CT molecular complexity index is 1060. The summed E-state index contributed by atoms with van der Waals surface area (Å²) in [7, 11) is -4.13. The molecular formula is C21H24F3N3O3S. The minimum absolute atomic E-state index is 0.0136. The van der Waals surface area contributed by atoms with E-state index in [9.17, 15) is 21.6 Å². The first-order valence-corrected chi connectivity index (χ1v) is 11.3. The van der Waals surface area contributed by atoms with Gasteiger partial charge in [-0.25, -0.2) is 13.6 Å². The molecule has 0 aliphatic carbocycles. The van der Waals surface area contributed by atoms with E-state index in [1.165, 1.54) is 30.3 Å². The molecule has 1 heterocycles. The summed E-state index contributed by atoms with van der Waals surface area (Å²) in [5.41, 5.74) is -0.794. The van der Waals surface area contributed by atoms with Gasteiger partial charge in [-0.3, -0.25) is 5.41 Å². The summed E-state index contributed by atoms with van der Waals surface area (Å²) in [6.07, 6.45) is -3.08. The molecule has 0 radical (unpaired) electrons. The summed E-state index contributed by atoms with van der Waals surface area (Å²) in [4.78, 5) is 1.69. The van der Waals surface area contributed by atoms with Gasteiger partial charge in [0.05, 0.1) is 22.9 Å². The minimum Gasteiger partial charge on any atom is -0.493 e. The van der Waals surface area contributed by atoms with E-state index >= 15 is 0 Å². The second kappa shape index (κ2) is 8.88. The van der Waals surface area contributed by atoms with Crippen molar-refractivity contribution in [3.8, 4) is 16.9 Å². The molecule has 168 valence electrons. The van der Waals surface area contributed by atoms with Crippen LogP contribution < -0.4 is 9.88 Å². The fourth-order valence-electron chi connectivity index (χ4n) is 3.60. The Morgan fingerprint density at radius 1 is 1.19 bits per heavy atom. The molecule has 0 unspecified atom stereocenters. The van der Waals surface area contributed by atoms with E-state index in [2.05, 4.69) is 0 Å². The number of ether oxygens (including phenoxy) is 1. The van der Waals surface area contributed by atoms with Crippen molar-refractivity contribution in [3.05, 3.63) is 48.0 Å². The molecule has 31 heavy (non-hydrogen) atoms. The summed E-state index contributed by atoms with van der Waals surface area (Å²) in [5.74, 6) is 0.667. The first-order chi connectivity index (χ1) is 14.4. The Morgan fingerprint density at radius 3 is 2.42 bits per heavy atom. The zero-order valence-corrected chi connectivity index (χ0v) is 17.8. The van der Waals surface area contributed by atoms with Crippen LogP contribution in [0.2, 0.25) is 0 Å². The third-order valence-corrected chi connectivity index (χ3v) is 6.28. The molecule has 0 aromatic heterocycles. The van der Waals surface area contributed by atoms with Crippen molar-refractivity contribution in [2.45, 2.75) is 30.8 Å². The SMILES string of the molecule is CC(=N)N1CCC(COc2cc(-c3ccccc3S(N)(=O)=O)cc(C(F)(F)F)c2)CC1. The number of nitrogens with one attached hydrogen (secondary N) is 1. The normalized spacial score (nSPS) is 15.7. The van der Waals surface area contributed by atoms with Crippen LogP contribution in [0.3, 0.4) is 0 Å². The van der Waals surface area contributed by atoms with Gasteiger partial charge in [0.15, 0.2) is 0 Å². The van der Waals surface area contributed by atoms with Gasteiger partial charge in [0.2, 0.25) is 10.0 Å². The number of nitrogens with two attached hydrogens (primary N) is 1. The Labute approximate surface area is 179 Å². The van der Waals surface area contributed by atoms with Gasteiger partial charge < -0.3 is 9.64 Å². The van der Waals surface area contributed by atoms with Crippen molar-refractivity contribution in [1.82, 2.24) is 4.90 Å². The molecule has 3 N–H and O–H groups in total. The fraction of sp³-hybridized carbons (Fsp3) is 0.381. The van der Waals surface area contributed by atoms with E-state index < -0.39 is 21.8 Å². The van der Waals surface area contributed by atoms with Gasteiger partial charge in [-0.2, -0.15) is 13.2 Å². The summed E-state index contributed by atoms with van der Waals surface area (Å²) in [6.45, 7) is 3.38. The number of hydrogen-bond acceptors (Lipinski definition) is 4. The summed E-state index contributed by atoms with van der Waals surface area (Å²) in [6, 6.07) is 8.86. The van der Waals surface area contributed by atoms with Crippen molar-refractivity contribution in [2.75, 3.05) is 19.7 Å². The van der Waals surface area contributed by atoms with Crippen LogP contribution in [0, 0.1) is 11.3 Å². The lowest BCUT2D eigenvalue weighted by Gasteiger charge is -2.32. The average molecular weight is 456 g/mol. The molecule has 1 aliphatic heterocycles. The van der Waals surface area contributed by atoms with E-state index in [1.807, 2.05) is 4.90 Å². The first kappa shape index (κ1) is 23.1. The molecule has 0 atom stereocenters. The van der Waals surface area contributed by atoms with E-state index in [0.29, 0.717) is 18.9 Å². The lowest BCUT2D eigenvalue weighted by atomic mass is 9.97. The predicted octanol–water partition coefficient (Wildman–Crippen LogP) is 4.11. The Balaban J connectivity index is 1.89. The van der Waals surface area contributed by atoms with Crippen LogP contribution in [0.25, 0.3) is 11.1 Å².